The number of benzene rings is 3. The number of hydrogen-bond acceptors (Lipinski definition) is 4. The maximum absolute atomic E-state index is 13.1. The topological polar surface area (TPSA) is 95.9 Å². The molecule has 1 heterocycles. The van der Waals surface area contributed by atoms with E-state index in [9.17, 15) is 19.5 Å². The summed E-state index contributed by atoms with van der Waals surface area (Å²) in [4.78, 5) is 38.8. The molecular weight excluding hydrogens is 468 g/mol. The van der Waals surface area contributed by atoms with Crippen LogP contribution in [0.15, 0.2) is 66.7 Å². The Bertz CT molecular complexity index is 1290. The number of fused-ring (bicyclic) bond motifs is 1. The average molecular weight is 493 g/mol. The summed E-state index contributed by atoms with van der Waals surface area (Å²) in [7, 11) is 0. The van der Waals surface area contributed by atoms with Crippen molar-refractivity contribution in [2.75, 3.05) is 11.4 Å². The Labute approximate surface area is 208 Å². The number of nitrogens with zero attached hydrogens (tertiary/aromatic N) is 1. The molecule has 2 amide bonds. The number of amides is 2. The first-order valence-corrected chi connectivity index (χ1v) is 11.6. The molecule has 0 fully saturated rings. The first-order chi connectivity index (χ1) is 16.7. The van der Waals surface area contributed by atoms with E-state index in [1.807, 2.05) is 49.4 Å². The normalized spacial score (nSPS) is 15.7. The van der Waals surface area contributed by atoms with Crippen LogP contribution in [0.2, 0.25) is 5.02 Å². The number of nitrogens with one attached hydrogen (secondary N) is 1. The second kappa shape index (κ2) is 10.2. The van der Waals surface area contributed by atoms with Gasteiger partial charge in [0.15, 0.2) is 6.10 Å². The number of carboxylic acid groups (broad SMARTS) is 1. The third-order valence-corrected chi connectivity index (χ3v) is 6.13. The number of anilines is 1. The quantitative estimate of drug-likeness (QED) is 0.495. The van der Waals surface area contributed by atoms with Crippen molar-refractivity contribution in [2.45, 2.75) is 32.4 Å². The number of carbonyl (C=O) groups excluding carboxylic acids is 2. The second-order valence-corrected chi connectivity index (χ2v) is 8.89. The van der Waals surface area contributed by atoms with Gasteiger partial charge in [-0.1, -0.05) is 54.1 Å². The molecule has 3 aromatic rings. The molecule has 4 rings (SSSR count). The number of hydrogen-bond donors (Lipinski definition) is 2. The van der Waals surface area contributed by atoms with Crippen molar-refractivity contribution >= 4 is 35.1 Å². The van der Waals surface area contributed by atoms with Crippen LogP contribution in [0, 0.1) is 6.92 Å². The Morgan fingerprint density at radius 1 is 1.11 bits per heavy atom. The molecule has 8 heteroatoms. The first-order valence-electron chi connectivity index (χ1n) is 11.2. The van der Waals surface area contributed by atoms with Crippen molar-refractivity contribution in [3.8, 4) is 16.9 Å². The highest BCUT2D eigenvalue weighted by molar-refractivity contribution is 6.31. The maximum atomic E-state index is 13.1. The van der Waals surface area contributed by atoms with Gasteiger partial charge in [0.05, 0.1) is 18.2 Å². The first kappa shape index (κ1) is 24.3. The van der Waals surface area contributed by atoms with E-state index < -0.39 is 24.0 Å². The maximum Gasteiger partial charge on any atom is 0.305 e. The number of aryl methyl sites for hydroxylation is 1. The van der Waals surface area contributed by atoms with Gasteiger partial charge in [-0.25, -0.2) is 0 Å². The Hall–Kier alpha value is -3.84. The molecule has 1 aliphatic rings. The van der Waals surface area contributed by atoms with Crippen LogP contribution >= 0.6 is 11.6 Å². The summed E-state index contributed by atoms with van der Waals surface area (Å²) in [6.45, 7) is 3.31. The third-order valence-electron chi connectivity index (χ3n) is 5.89. The zero-order valence-corrected chi connectivity index (χ0v) is 20.1. The molecule has 2 atom stereocenters. The summed E-state index contributed by atoms with van der Waals surface area (Å²) < 4.78 is 5.62. The van der Waals surface area contributed by atoms with Crippen LogP contribution in [0.1, 0.15) is 30.5 Å². The van der Waals surface area contributed by atoms with Gasteiger partial charge in [-0.05, 0) is 60.4 Å². The summed E-state index contributed by atoms with van der Waals surface area (Å²) in [5.74, 6) is -1.48. The summed E-state index contributed by atoms with van der Waals surface area (Å²) in [5.41, 5.74) is 4.08. The zero-order valence-electron chi connectivity index (χ0n) is 19.3. The number of rotatable bonds is 7. The van der Waals surface area contributed by atoms with Crippen LogP contribution in [0.5, 0.6) is 5.75 Å². The van der Waals surface area contributed by atoms with Crippen LogP contribution < -0.4 is 15.0 Å². The highest BCUT2D eigenvalue weighted by atomic mass is 35.5. The van der Waals surface area contributed by atoms with Crippen LogP contribution in [-0.2, 0) is 14.4 Å². The lowest BCUT2D eigenvalue weighted by Crippen LogP contribution is -2.49. The van der Waals surface area contributed by atoms with Crippen molar-refractivity contribution in [3.63, 3.8) is 0 Å². The van der Waals surface area contributed by atoms with Crippen LogP contribution in [0.25, 0.3) is 11.1 Å². The largest absolute Gasteiger partial charge is 0.481 e. The molecule has 0 spiro atoms. The molecule has 180 valence electrons. The van der Waals surface area contributed by atoms with Crippen molar-refractivity contribution in [2.24, 2.45) is 0 Å². The number of carbonyl (C=O) groups is 3. The van der Waals surface area contributed by atoms with Gasteiger partial charge in [0.1, 0.15) is 12.3 Å². The van der Waals surface area contributed by atoms with E-state index in [1.165, 1.54) is 4.90 Å². The molecule has 35 heavy (non-hydrogen) atoms. The van der Waals surface area contributed by atoms with E-state index in [0.717, 1.165) is 16.7 Å². The van der Waals surface area contributed by atoms with Crippen molar-refractivity contribution in [1.82, 2.24) is 5.32 Å². The lowest BCUT2D eigenvalue weighted by molar-refractivity contribution is -0.138. The molecule has 2 N–H and O–H groups in total. The van der Waals surface area contributed by atoms with E-state index >= 15 is 0 Å². The van der Waals surface area contributed by atoms with Crippen LogP contribution in [0.3, 0.4) is 0 Å². The smallest absolute Gasteiger partial charge is 0.305 e. The molecule has 3 aromatic carbocycles. The Morgan fingerprint density at radius 2 is 1.89 bits per heavy atom. The second-order valence-electron chi connectivity index (χ2n) is 8.45. The number of halogens is 1. The lowest BCUT2D eigenvalue weighted by atomic mass is 9.95. The van der Waals surface area contributed by atoms with Crippen LogP contribution in [0.4, 0.5) is 5.69 Å². The third kappa shape index (κ3) is 5.46. The van der Waals surface area contributed by atoms with Gasteiger partial charge in [-0.2, -0.15) is 0 Å². The molecule has 0 saturated carbocycles. The number of carboxylic acids is 1. The van der Waals surface area contributed by atoms with E-state index in [4.69, 9.17) is 16.3 Å². The molecule has 0 aromatic heterocycles. The van der Waals surface area contributed by atoms with E-state index in [-0.39, 0.29) is 18.9 Å². The average Bonchev–Trinajstić information content (AvgIpc) is 2.82. The monoisotopic (exact) mass is 492 g/mol. The lowest BCUT2D eigenvalue weighted by Gasteiger charge is -2.33. The van der Waals surface area contributed by atoms with Crippen molar-refractivity contribution in [3.05, 3.63) is 82.9 Å². The van der Waals surface area contributed by atoms with Crippen LogP contribution in [-0.4, -0.2) is 35.5 Å². The molecular formula is C27H25ClN2O5. The van der Waals surface area contributed by atoms with Gasteiger partial charge < -0.3 is 15.2 Å². The number of aliphatic carboxylic acids is 1. The van der Waals surface area contributed by atoms with E-state index in [1.54, 1.807) is 31.2 Å². The highest BCUT2D eigenvalue weighted by Gasteiger charge is 2.33. The predicted molar refractivity (Wildman–Crippen MR) is 134 cm³/mol. The van der Waals surface area contributed by atoms with E-state index in [2.05, 4.69) is 5.32 Å². The summed E-state index contributed by atoms with van der Waals surface area (Å²) in [6, 6.07) is 19.4. The Morgan fingerprint density at radius 3 is 2.63 bits per heavy atom. The fourth-order valence-corrected chi connectivity index (χ4v) is 4.34. The molecule has 0 radical (unpaired) electrons. The van der Waals surface area contributed by atoms with Gasteiger partial charge in [0.25, 0.3) is 5.91 Å². The van der Waals surface area contributed by atoms with Crippen molar-refractivity contribution < 1.29 is 24.2 Å². The predicted octanol–water partition coefficient (Wildman–Crippen LogP) is 4.76. The molecule has 1 aliphatic heterocycles. The van der Waals surface area contributed by atoms with Gasteiger partial charge in [0, 0.05) is 5.02 Å². The number of ether oxygens (including phenoxy) is 1. The molecule has 0 saturated heterocycles. The minimum atomic E-state index is -1.05. The molecule has 0 bridgehead atoms. The minimum absolute atomic E-state index is 0.298. The molecule has 0 aliphatic carbocycles. The molecule has 1 unspecified atom stereocenters. The standard InChI is InChI=1S/C27H25ClN2O5/c1-16-6-3-4-9-21(16)18-7-5-8-19(12-18)22(14-26(32)33)29-25(31)15-30-23-13-20(28)10-11-24(23)35-17(2)27(30)34/h3-13,17,22H,14-15H2,1-2H3,(H,29,31)(H,32,33)/t17?,22-/m0/s1. The summed E-state index contributed by atoms with van der Waals surface area (Å²) in [5, 5.41) is 12.7. The summed E-state index contributed by atoms with van der Waals surface area (Å²) >= 11 is 6.10. The van der Waals surface area contributed by atoms with Gasteiger partial charge in [0.2, 0.25) is 5.91 Å². The molecule has 7 nitrogen and oxygen atoms in total. The minimum Gasteiger partial charge on any atom is -0.481 e. The van der Waals surface area contributed by atoms with Crippen molar-refractivity contribution in [1.29, 1.82) is 0 Å². The fourth-order valence-electron chi connectivity index (χ4n) is 4.17. The van der Waals surface area contributed by atoms with Gasteiger partial charge in [-0.15, -0.1) is 0 Å². The van der Waals surface area contributed by atoms with Gasteiger partial charge >= 0.3 is 5.97 Å². The zero-order chi connectivity index (χ0) is 25.1. The van der Waals surface area contributed by atoms with E-state index in [0.29, 0.717) is 22.0 Å². The Balaban J connectivity index is 1.59. The van der Waals surface area contributed by atoms with Gasteiger partial charge in [-0.3, -0.25) is 19.3 Å². The Kier molecular flexibility index (Phi) is 7.07. The fraction of sp³-hybridized carbons (Fsp3) is 0.222. The highest BCUT2D eigenvalue weighted by Crippen LogP contribution is 2.36. The summed E-state index contributed by atoms with van der Waals surface area (Å²) in [6.07, 6.45) is -1.07. The SMILES string of the molecule is Cc1ccccc1-c1cccc([C@H](CC(=O)O)NC(=O)CN2C(=O)C(C)Oc3ccc(Cl)cc32)c1.